The number of aliphatic hydroxyl groups is 1. The molecule has 0 aromatic heterocycles. The number of aliphatic hydroxyl groups excluding tert-OH is 1. The van der Waals surface area contributed by atoms with Gasteiger partial charge in [-0.15, -0.1) is 0 Å². The van der Waals surface area contributed by atoms with E-state index in [-0.39, 0.29) is 29.1 Å². The highest BCUT2D eigenvalue weighted by Gasteiger charge is 2.37. The van der Waals surface area contributed by atoms with E-state index in [4.69, 9.17) is 0 Å². The van der Waals surface area contributed by atoms with E-state index in [1.807, 2.05) is 0 Å². The molecule has 0 bridgehead atoms. The molecule has 2 atom stereocenters. The van der Waals surface area contributed by atoms with Crippen molar-refractivity contribution in [3.05, 3.63) is 11.3 Å². The number of hydrogen-bond donors (Lipinski definition) is 1. The summed E-state index contributed by atoms with van der Waals surface area (Å²) in [6.07, 6.45) is 9.98. The molecule has 0 spiro atoms. The molecule has 0 saturated heterocycles. The van der Waals surface area contributed by atoms with Gasteiger partial charge in [0.1, 0.15) is 11.3 Å². The lowest BCUT2D eigenvalue weighted by atomic mass is 9.94. The van der Waals surface area contributed by atoms with Crippen molar-refractivity contribution in [3.8, 4) is 0 Å². The van der Waals surface area contributed by atoms with Crippen LogP contribution in [0.15, 0.2) is 11.3 Å². The first-order valence-corrected chi connectivity index (χ1v) is 9.13. The molecule has 0 saturated carbocycles. The summed E-state index contributed by atoms with van der Waals surface area (Å²) in [6.45, 7) is 6.12. The summed E-state index contributed by atoms with van der Waals surface area (Å²) in [7, 11) is 1.62. The molecule has 1 unspecified atom stereocenters. The Labute approximate surface area is 140 Å². The number of nitrogens with zero attached hydrogens (tertiary/aromatic N) is 1. The lowest BCUT2D eigenvalue weighted by molar-refractivity contribution is -0.128. The number of Topliss-reactive ketones (excluding diaryl/α,β-unsaturated/α-hetero) is 1. The molecular formula is C19H33NO3. The smallest absolute Gasteiger partial charge is 0.261 e. The van der Waals surface area contributed by atoms with Crippen LogP contribution in [-0.4, -0.2) is 34.8 Å². The van der Waals surface area contributed by atoms with Gasteiger partial charge in [-0.25, -0.2) is 0 Å². The Balaban J connectivity index is 2.29. The fraction of sp³-hybridized carbons (Fsp3) is 0.789. The Morgan fingerprint density at radius 2 is 1.78 bits per heavy atom. The molecule has 1 aliphatic heterocycles. The number of carbonyl (C=O) groups excluding carboxylic acids is 2. The SMILES string of the molecule is CCCCCCCCC(C)CCC(=O)C1=C(O)[C@H](C)N(C)C1=O. The van der Waals surface area contributed by atoms with E-state index in [0.29, 0.717) is 12.3 Å². The van der Waals surface area contributed by atoms with Gasteiger partial charge in [0.25, 0.3) is 5.91 Å². The van der Waals surface area contributed by atoms with E-state index in [1.165, 1.54) is 43.4 Å². The standard InChI is InChI=1S/C19H33NO3/c1-5-6-7-8-9-10-11-14(2)12-13-16(21)17-18(22)15(3)20(4)19(17)23/h14-15,22H,5-13H2,1-4H3/t14?,15-/m0/s1. The molecule has 1 aliphatic rings. The highest BCUT2D eigenvalue weighted by Crippen LogP contribution is 2.25. The van der Waals surface area contributed by atoms with Gasteiger partial charge in [0.2, 0.25) is 0 Å². The highest BCUT2D eigenvalue weighted by atomic mass is 16.3. The summed E-state index contributed by atoms with van der Waals surface area (Å²) in [6, 6.07) is -0.387. The molecule has 1 rings (SSSR count). The minimum atomic E-state index is -0.387. The minimum Gasteiger partial charge on any atom is -0.509 e. The van der Waals surface area contributed by atoms with Crippen molar-refractivity contribution in [2.24, 2.45) is 5.92 Å². The Kier molecular flexibility index (Phi) is 8.35. The number of amides is 1. The molecule has 1 amide bonds. The Morgan fingerprint density at radius 1 is 1.17 bits per heavy atom. The quantitative estimate of drug-likeness (QED) is 0.453. The molecule has 1 heterocycles. The maximum absolute atomic E-state index is 12.2. The molecule has 0 radical (unpaired) electrons. The van der Waals surface area contributed by atoms with Crippen LogP contribution < -0.4 is 0 Å². The van der Waals surface area contributed by atoms with Gasteiger partial charge in [-0.2, -0.15) is 0 Å². The first kappa shape index (κ1) is 19.7. The van der Waals surface area contributed by atoms with Crippen molar-refractivity contribution >= 4 is 11.7 Å². The van der Waals surface area contributed by atoms with Crippen molar-refractivity contribution in [1.82, 2.24) is 4.90 Å². The second-order valence-corrected chi connectivity index (χ2v) is 6.98. The molecule has 0 aromatic rings. The molecule has 23 heavy (non-hydrogen) atoms. The maximum atomic E-state index is 12.2. The Hall–Kier alpha value is -1.32. The lowest BCUT2D eigenvalue weighted by Crippen LogP contribution is -2.30. The minimum absolute atomic E-state index is 0.00626. The third-order valence-corrected chi connectivity index (χ3v) is 4.96. The third-order valence-electron chi connectivity index (χ3n) is 4.96. The lowest BCUT2D eigenvalue weighted by Gasteiger charge is -2.15. The van der Waals surface area contributed by atoms with E-state index in [1.54, 1.807) is 14.0 Å². The van der Waals surface area contributed by atoms with Gasteiger partial charge in [0.05, 0.1) is 6.04 Å². The number of ketones is 1. The zero-order valence-corrected chi connectivity index (χ0v) is 15.2. The van der Waals surface area contributed by atoms with E-state index in [9.17, 15) is 14.7 Å². The first-order chi connectivity index (χ1) is 10.9. The Bertz CT molecular complexity index is 442. The van der Waals surface area contributed by atoms with Crippen molar-refractivity contribution in [2.75, 3.05) is 7.05 Å². The molecule has 0 aliphatic carbocycles. The van der Waals surface area contributed by atoms with Crippen LogP contribution in [0.3, 0.4) is 0 Å². The monoisotopic (exact) mass is 323 g/mol. The van der Waals surface area contributed by atoms with Gasteiger partial charge in [0, 0.05) is 13.5 Å². The molecular weight excluding hydrogens is 290 g/mol. The van der Waals surface area contributed by atoms with E-state index < -0.39 is 0 Å². The van der Waals surface area contributed by atoms with E-state index in [2.05, 4.69) is 13.8 Å². The molecule has 1 N–H and O–H groups in total. The number of likely N-dealkylation sites (N-methyl/N-ethyl adjacent to an activating group) is 1. The summed E-state index contributed by atoms with van der Waals surface area (Å²) >= 11 is 0. The largest absolute Gasteiger partial charge is 0.509 e. The number of unbranched alkanes of at least 4 members (excludes halogenated alkanes) is 5. The molecule has 132 valence electrons. The number of hydrogen-bond acceptors (Lipinski definition) is 3. The Morgan fingerprint density at radius 3 is 2.35 bits per heavy atom. The average molecular weight is 323 g/mol. The predicted octanol–water partition coefficient (Wildman–Crippen LogP) is 4.40. The van der Waals surface area contributed by atoms with Crippen molar-refractivity contribution in [2.45, 2.75) is 84.6 Å². The van der Waals surface area contributed by atoms with Gasteiger partial charge >= 0.3 is 0 Å². The predicted molar refractivity (Wildman–Crippen MR) is 93.3 cm³/mol. The van der Waals surface area contributed by atoms with Crippen LogP contribution in [0.25, 0.3) is 0 Å². The topological polar surface area (TPSA) is 57.6 Å². The maximum Gasteiger partial charge on any atom is 0.261 e. The normalized spacial score (nSPS) is 19.6. The van der Waals surface area contributed by atoms with Crippen LogP contribution in [0.4, 0.5) is 0 Å². The summed E-state index contributed by atoms with van der Waals surface area (Å²) < 4.78 is 0. The van der Waals surface area contributed by atoms with Crippen LogP contribution in [0.1, 0.15) is 78.6 Å². The van der Waals surface area contributed by atoms with Gasteiger partial charge in [0.15, 0.2) is 5.78 Å². The molecule has 4 nitrogen and oxygen atoms in total. The zero-order chi connectivity index (χ0) is 17.4. The summed E-state index contributed by atoms with van der Waals surface area (Å²) in [4.78, 5) is 25.7. The molecule has 4 heteroatoms. The summed E-state index contributed by atoms with van der Waals surface area (Å²) in [5.41, 5.74) is 0.00626. The van der Waals surface area contributed by atoms with Crippen molar-refractivity contribution < 1.29 is 14.7 Å². The van der Waals surface area contributed by atoms with Crippen molar-refractivity contribution in [1.29, 1.82) is 0 Å². The van der Waals surface area contributed by atoms with Gasteiger partial charge in [-0.1, -0.05) is 58.8 Å². The van der Waals surface area contributed by atoms with Crippen LogP contribution in [-0.2, 0) is 9.59 Å². The zero-order valence-electron chi connectivity index (χ0n) is 15.2. The molecule has 0 aromatic carbocycles. The van der Waals surface area contributed by atoms with Crippen LogP contribution >= 0.6 is 0 Å². The van der Waals surface area contributed by atoms with Crippen LogP contribution in [0.5, 0.6) is 0 Å². The van der Waals surface area contributed by atoms with Gasteiger partial charge in [-0.3, -0.25) is 9.59 Å². The van der Waals surface area contributed by atoms with Gasteiger partial charge in [-0.05, 0) is 19.3 Å². The van der Waals surface area contributed by atoms with Crippen LogP contribution in [0, 0.1) is 5.92 Å². The first-order valence-electron chi connectivity index (χ1n) is 9.13. The number of rotatable bonds is 11. The average Bonchev–Trinajstić information content (AvgIpc) is 2.72. The second-order valence-electron chi connectivity index (χ2n) is 6.98. The fourth-order valence-corrected chi connectivity index (χ4v) is 3.04. The fourth-order valence-electron chi connectivity index (χ4n) is 3.04. The molecule has 0 fully saturated rings. The number of carbonyl (C=O) groups is 2. The van der Waals surface area contributed by atoms with Gasteiger partial charge < -0.3 is 10.0 Å². The van der Waals surface area contributed by atoms with E-state index in [0.717, 1.165) is 12.8 Å². The summed E-state index contributed by atoms with van der Waals surface area (Å²) in [5, 5.41) is 9.97. The highest BCUT2D eigenvalue weighted by molar-refractivity contribution is 6.21. The second kappa shape index (κ2) is 9.74. The third kappa shape index (κ3) is 5.67. The van der Waals surface area contributed by atoms with Crippen LogP contribution in [0.2, 0.25) is 0 Å². The summed E-state index contributed by atoms with van der Waals surface area (Å²) in [5.74, 6) is -0.132. The van der Waals surface area contributed by atoms with Crippen molar-refractivity contribution in [3.63, 3.8) is 0 Å². The van der Waals surface area contributed by atoms with E-state index >= 15 is 0 Å².